The minimum atomic E-state index is -0.437. The van der Waals surface area contributed by atoms with E-state index in [0.29, 0.717) is 0 Å². The number of rotatable bonds is 8. The highest BCUT2D eigenvalue weighted by molar-refractivity contribution is 5.97. The maximum absolute atomic E-state index is 2.44. The second-order valence-corrected chi connectivity index (χ2v) is 15.7. The Morgan fingerprint density at radius 1 is 0.267 bits per heavy atom. The third-order valence-corrected chi connectivity index (χ3v) is 12.3. The largest absolute Gasteiger partial charge is 0.310 e. The maximum atomic E-state index is 2.44. The Labute approximate surface area is 352 Å². The molecule has 10 aromatic carbocycles. The molecule has 0 saturated carbocycles. The highest BCUT2D eigenvalue weighted by Gasteiger charge is 2.46. The molecule has 0 saturated heterocycles. The Morgan fingerprint density at radius 2 is 0.767 bits per heavy atom. The number of hydrogen-bond donors (Lipinski definition) is 0. The summed E-state index contributed by atoms with van der Waals surface area (Å²) in [4.78, 5) is 2.36. The molecule has 0 radical (unpaired) electrons. The van der Waals surface area contributed by atoms with Gasteiger partial charge in [0.1, 0.15) is 0 Å². The molecule has 0 unspecified atom stereocenters. The number of hydrogen-bond acceptors (Lipinski definition) is 1. The van der Waals surface area contributed by atoms with Gasteiger partial charge in [0.15, 0.2) is 0 Å². The van der Waals surface area contributed by atoms with Gasteiger partial charge in [0.2, 0.25) is 0 Å². The minimum absolute atomic E-state index is 0.437. The fraction of sp³-hybridized carbons (Fsp3) is 0.0169. The molecular weight excluding hydrogens is 723 g/mol. The topological polar surface area (TPSA) is 3.24 Å². The molecule has 1 aliphatic carbocycles. The second-order valence-electron chi connectivity index (χ2n) is 15.7. The monoisotopic (exact) mass is 763 g/mol. The van der Waals surface area contributed by atoms with Gasteiger partial charge >= 0.3 is 0 Å². The van der Waals surface area contributed by atoms with Crippen LogP contribution in [0.2, 0.25) is 0 Å². The molecule has 1 nitrogen and oxygen atoms in total. The van der Waals surface area contributed by atoms with Crippen molar-refractivity contribution in [1.29, 1.82) is 0 Å². The minimum Gasteiger partial charge on any atom is -0.310 e. The van der Waals surface area contributed by atoms with Gasteiger partial charge in [-0.1, -0.05) is 200 Å². The highest BCUT2D eigenvalue weighted by atomic mass is 15.1. The van der Waals surface area contributed by atoms with Crippen molar-refractivity contribution < 1.29 is 0 Å². The number of fused-ring (bicyclic) bond motifs is 4. The SMILES string of the molecule is c1ccc(N(c2ccc(-c3ccc4c(c3)C(c3ccccc3)(c3ccccc3)c3ccccc3-4)cc2)c2cccc(-c3cccc(-c4cccc5ccccc45)c3)c2)cc1. The van der Waals surface area contributed by atoms with Gasteiger partial charge in [-0.2, -0.15) is 0 Å². The van der Waals surface area contributed by atoms with Crippen molar-refractivity contribution in [2.24, 2.45) is 0 Å². The summed E-state index contributed by atoms with van der Waals surface area (Å²) in [5.74, 6) is 0. The summed E-state index contributed by atoms with van der Waals surface area (Å²) >= 11 is 0. The molecule has 11 rings (SSSR count). The van der Waals surface area contributed by atoms with Crippen LogP contribution in [0.15, 0.2) is 249 Å². The van der Waals surface area contributed by atoms with E-state index in [1.165, 1.54) is 77.5 Å². The Hall–Kier alpha value is -7.74. The predicted octanol–water partition coefficient (Wildman–Crippen LogP) is 15.7. The summed E-state index contributed by atoms with van der Waals surface area (Å²) in [6, 6.07) is 90.9. The first kappa shape index (κ1) is 35.4. The van der Waals surface area contributed by atoms with Gasteiger partial charge in [0.05, 0.1) is 5.41 Å². The maximum Gasteiger partial charge on any atom is 0.0713 e. The lowest BCUT2D eigenvalue weighted by molar-refractivity contribution is 0.769. The van der Waals surface area contributed by atoms with E-state index in [9.17, 15) is 0 Å². The third-order valence-electron chi connectivity index (χ3n) is 12.3. The predicted molar refractivity (Wildman–Crippen MR) is 252 cm³/mol. The molecule has 60 heavy (non-hydrogen) atoms. The van der Waals surface area contributed by atoms with E-state index in [4.69, 9.17) is 0 Å². The van der Waals surface area contributed by atoms with Crippen molar-refractivity contribution in [3.63, 3.8) is 0 Å². The molecule has 282 valence electrons. The first-order valence-electron chi connectivity index (χ1n) is 20.8. The van der Waals surface area contributed by atoms with Crippen LogP contribution in [0.25, 0.3) is 55.3 Å². The van der Waals surface area contributed by atoms with Crippen molar-refractivity contribution in [3.05, 3.63) is 271 Å². The molecule has 0 heterocycles. The van der Waals surface area contributed by atoms with Crippen LogP contribution >= 0.6 is 0 Å². The number of nitrogens with zero attached hydrogens (tertiary/aromatic N) is 1. The summed E-state index contributed by atoms with van der Waals surface area (Å²) < 4.78 is 0. The van der Waals surface area contributed by atoms with Crippen LogP contribution in [-0.4, -0.2) is 0 Å². The molecule has 0 N–H and O–H groups in total. The molecule has 0 bridgehead atoms. The lowest BCUT2D eigenvalue weighted by Gasteiger charge is -2.34. The number of benzene rings is 10. The quantitative estimate of drug-likeness (QED) is 0.149. The van der Waals surface area contributed by atoms with Gasteiger partial charge in [0.25, 0.3) is 0 Å². The molecule has 10 aromatic rings. The Balaban J connectivity index is 0.987. The van der Waals surface area contributed by atoms with Gasteiger partial charge in [-0.25, -0.2) is 0 Å². The van der Waals surface area contributed by atoms with Crippen molar-refractivity contribution in [3.8, 4) is 44.5 Å². The van der Waals surface area contributed by atoms with Crippen molar-refractivity contribution in [2.45, 2.75) is 5.41 Å². The second kappa shape index (κ2) is 14.9. The van der Waals surface area contributed by atoms with E-state index in [1.54, 1.807) is 0 Å². The molecular formula is C59H41N. The summed E-state index contributed by atoms with van der Waals surface area (Å²) in [5.41, 5.74) is 17.8. The number of anilines is 3. The summed E-state index contributed by atoms with van der Waals surface area (Å²) in [6.07, 6.45) is 0. The van der Waals surface area contributed by atoms with Crippen LogP contribution in [0.1, 0.15) is 22.3 Å². The van der Waals surface area contributed by atoms with Crippen LogP contribution in [0.3, 0.4) is 0 Å². The molecule has 0 aromatic heterocycles. The first-order chi connectivity index (χ1) is 29.8. The average molecular weight is 764 g/mol. The van der Waals surface area contributed by atoms with E-state index >= 15 is 0 Å². The molecule has 0 atom stereocenters. The van der Waals surface area contributed by atoms with Crippen LogP contribution < -0.4 is 4.90 Å². The zero-order valence-electron chi connectivity index (χ0n) is 33.1. The standard InChI is InChI=1S/C59H41N/c1-4-22-48(23-5-1)59(49-24-6-2-7-25-49)57-32-13-12-30-55(57)56-38-35-46(41-58(56)59)42-33-36-51(37-34-42)60(50-26-8-3-9-27-50)52-28-15-20-45(40-52)44-19-14-21-47(39-44)54-31-16-18-43-17-10-11-29-53(43)54/h1-41H. The van der Waals surface area contributed by atoms with Crippen LogP contribution in [0.5, 0.6) is 0 Å². The zero-order chi connectivity index (χ0) is 39.9. The van der Waals surface area contributed by atoms with E-state index in [-0.39, 0.29) is 0 Å². The summed E-state index contributed by atoms with van der Waals surface area (Å²) in [7, 11) is 0. The normalized spacial score (nSPS) is 12.5. The van der Waals surface area contributed by atoms with Gasteiger partial charge in [-0.05, 0) is 126 Å². The van der Waals surface area contributed by atoms with Gasteiger partial charge in [0, 0.05) is 17.1 Å². The molecule has 1 heteroatoms. The van der Waals surface area contributed by atoms with Crippen LogP contribution in [-0.2, 0) is 5.41 Å². The third kappa shape index (κ3) is 5.94. The average Bonchev–Trinajstić information content (AvgIpc) is 3.63. The van der Waals surface area contributed by atoms with Crippen molar-refractivity contribution in [2.75, 3.05) is 4.90 Å². The molecule has 0 aliphatic heterocycles. The Morgan fingerprint density at radius 3 is 1.53 bits per heavy atom. The van der Waals surface area contributed by atoms with Crippen molar-refractivity contribution >= 4 is 27.8 Å². The van der Waals surface area contributed by atoms with Gasteiger partial charge < -0.3 is 4.90 Å². The lowest BCUT2D eigenvalue weighted by Crippen LogP contribution is -2.28. The fourth-order valence-corrected chi connectivity index (χ4v) is 9.62. The van der Waals surface area contributed by atoms with Crippen LogP contribution in [0.4, 0.5) is 17.1 Å². The Kier molecular flexibility index (Phi) is 8.79. The molecule has 0 fully saturated rings. The highest BCUT2D eigenvalue weighted by Crippen LogP contribution is 2.56. The lowest BCUT2D eigenvalue weighted by atomic mass is 9.67. The summed E-state index contributed by atoms with van der Waals surface area (Å²) in [6.45, 7) is 0. The van der Waals surface area contributed by atoms with E-state index in [2.05, 4.69) is 254 Å². The van der Waals surface area contributed by atoms with Crippen LogP contribution in [0, 0.1) is 0 Å². The smallest absolute Gasteiger partial charge is 0.0713 e. The Bertz CT molecular complexity index is 3090. The molecule has 0 spiro atoms. The molecule has 1 aliphatic rings. The summed E-state index contributed by atoms with van der Waals surface area (Å²) in [5, 5.41) is 2.52. The van der Waals surface area contributed by atoms with E-state index < -0.39 is 5.41 Å². The fourth-order valence-electron chi connectivity index (χ4n) is 9.62. The number of para-hydroxylation sites is 1. The van der Waals surface area contributed by atoms with Crippen molar-refractivity contribution in [1.82, 2.24) is 0 Å². The van der Waals surface area contributed by atoms with E-state index in [1.807, 2.05) is 0 Å². The first-order valence-corrected chi connectivity index (χ1v) is 20.8. The zero-order valence-corrected chi connectivity index (χ0v) is 33.1. The van der Waals surface area contributed by atoms with Gasteiger partial charge in [-0.3, -0.25) is 0 Å². The molecule has 0 amide bonds. The van der Waals surface area contributed by atoms with Gasteiger partial charge in [-0.15, -0.1) is 0 Å². The van der Waals surface area contributed by atoms with E-state index in [0.717, 1.165) is 17.1 Å².